The lowest BCUT2D eigenvalue weighted by atomic mass is 10.5. The van der Waals surface area contributed by atoms with Crippen LogP contribution in [0.4, 0.5) is 0 Å². The first-order valence-electron chi connectivity index (χ1n) is 2.99. The van der Waals surface area contributed by atoms with Gasteiger partial charge in [0.05, 0.1) is 0 Å². The molecule has 0 bridgehead atoms. The fraction of sp³-hybridized carbons (Fsp3) is 0. The van der Waals surface area contributed by atoms with Gasteiger partial charge in [0.15, 0.2) is 6.33 Å². The van der Waals surface area contributed by atoms with Crippen LogP contribution in [-0.2, 0) is 0 Å². The number of H-pyrrole nitrogens is 4. The van der Waals surface area contributed by atoms with E-state index in [9.17, 15) is 9.59 Å². The van der Waals surface area contributed by atoms with Crippen molar-refractivity contribution in [3.05, 3.63) is 27.2 Å². The first-order valence-corrected chi connectivity index (χ1v) is 2.99. The van der Waals surface area contributed by atoms with Gasteiger partial charge < -0.3 is 0 Å². The van der Waals surface area contributed by atoms with Crippen molar-refractivity contribution in [3.8, 4) is 0 Å². The summed E-state index contributed by atoms with van der Waals surface area (Å²) in [5.41, 5.74) is -0.202. The Kier molecular flexibility index (Phi) is 0.974. The molecule has 11 heavy (non-hydrogen) atoms. The quantitative estimate of drug-likeness (QED) is 0.423. The third kappa shape index (κ3) is 0.759. The van der Waals surface area contributed by atoms with Crippen molar-refractivity contribution in [1.29, 1.82) is 0 Å². The van der Waals surface area contributed by atoms with E-state index in [0.717, 1.165) is 0 Å². The van der Waals surface area contributed by atoms with E-state index in [1.165, 1.54) is 6.33 Å². The molecule has 6 nitrogen and oxygen atoms in total. The zero-order chi connectivity index (χ0) is 7.84. The first-order chi connectivity index (χ1) is 5.27. The van der Waals surface area contributed by atoms with Crippen molar-refractivity contribution in [2.75, 3.05) is 0 Å². The van der Waals surface area contributed by atoms with Gasteiger partial charge in [-0.2, -0.15) is 0 Å². The lowest BCUT2D eigenvalue weighted by Crippen LogP contribution is -2.23. The van der Waals surface area contributed by atoms with Gasteiger partial charge in [-0.15, -0.1) is 0 Å². The van der Waals surface area contributed by atoms with Crippen LogP contribution in [0.2, 0.25) is 0 Å². The van der Waals surface area contributed by atoms with Crippen molar-refractivity contribution >= 4 is 11.2 Å². The van der Waals surface area contributed by atoms with E-state index in [1.807, 2.05) is 0 Å². The molecule has 2 rings (SSSR count). The highest BCUT2D eigenvalue weighted by atomic mass is 16.2. The van der Waals surface area contributed by atoms with Gasteiger partial charge >= 0.3 is 5.69 Å². The molecule has 56 valence electrons. The van der Waals surface area contributed by atoms with Crippen molar-refractivity contribution in [1.82, 2.24) is 15.0 Å². The molecule has 0 spiro atoms. The van der Waals surface area contributed by atoms with Crippen LogP contribution < -0.4 is 16.2 Å². The molecular formula is C5H5N4O2+. The molecule has 4 N–H and O–H groups in total. The van der Waals surface area contributed by atoms with Gasteiger partial charge in [0, 0.05) is 0 Å². The summed E-state index contributed by atoms with van der Waals surface area (Å²) >= 11 is 0. The molecule has 0 atom stereocenters. The number of imidazole rings is 1. The van der Waals surface area contributed by atoms with Gasteiger partial charge in [-0.25, -0.2) is 14.8 Å². The number of fused-ring (bicyclic) bond motifs is 1. The maximum absolute atomic E-state index is 10.9. The Bertz CT molecular complexity index is 491. The van der Waals surface area contributed by atoms with E-state index in [0.29, 0.717) is 11.2 Å². The van der Waals surface area contributed by atoms with Crippen molar-refractivity contribution in [2.45, 2.75) is 0 Å². The fourth-order valence-corrected chi connectivity index (χ4v) is 0.913. The summed E-state index contributed by atoms with van der Waals surface area (Å²) in [6.45, 7) is 0. The third-order valence-electron chi connectivity index (χ3n) is 1.38. The van der Waals surface area contributed by atoms with Crippen molar-refractivity contribution < 1.29 is 4.98 Å². The summed E-state index contributed by atoms with van der Waals surface area (Å²) in [4.78, 5) is 31.4. The average Bonchev–Trinajstić information content (AvgIpc) is 2.34. The molecule has 0 aliphatic rings. The molecule has 0 unspecified atom stereocenters. The molecule has 0 saturated heterocycles. The monoisotopic (exact) mass is 153 g/mol. The predicted octanol–water partition coefficient (Wildman–Crippen LogP) is -1.64. The lowest BCUT2D eigenvalue weighted by molar-refractivity contribution is -0.347. The second kappa shape index (κ2) is 1.82. The number of aromatic amines is 4. The summed E-state index contributed by atoms with van der Waals surface area (Å²) in [6, 6.07) is 0. The Morgan fingerprint density at radius 1 is 1.27 bits per heavy atom. The van der Waals surface area contributed by atoms with E-state index in [4.69, 9.17) is 0 Å². The van der Waals surface area contributed by atoms with E-state index in [-0.39, 0.29) is 0 Å². The van der Waals surface area contributed by atoms with Crippen LogP contribution >= 0.6 is 0 Å². The number of hydrogen-bond acceptors (Lipinski definition) is 2. The molecule has 0 aliphatic carbocycles. The summed E-state index contributed by atoms with van der Waals surface area (Å²) in [6.07, 6.45) is 1.47. The number of rotatable bonds is 0. The van der Waals surface area contributed by atoms with Gasteiger partial charge in [-0.1, -0.05) is 0 Å². The van der Waals surface area contributed by atoms with Crippen LogP contribution in [0.3, 0.4) is 0 Å². The highest BCUT2D eigenvalue weighted by Gasteiger charge is 2.06. The van der Waals surface area contributed by atoms with Crippen LogP contribution in [0, 0.1) is 0 Å². The summed E-state index contributed by atoms with van der Waals surface area (Å²) < 4.78 is 0. The largest absolute Gasteiger partial charge is 0.384 e. The van der Waals surface area contributed by atoms with Crippen LogP contribution in [-0.4, -0.2) is 15.0 Å². The van der Waals surface area contributed by atoms with Gasteiger partial charge in [0.2, 0.25) is 5.52 Å². The Morgan fingerprint density at radius 3 is 2.91 bits per heavy atom. The Labute approximate surface area is 59.3 Å². The highest BCUT2D eigenvalue weighted by Crippen LogP contribution is 1.87. The second-order valence-corrected chi connectivity index (χ2v) is 2.09. The zero-order valence-electron chi connectivity index (χ0n) is 5.39. The van der Waals surface area contributed by atoms with Crippen LogP contribution in [0.5, 0.6) is 0 Å². The van der Waals surface area contributed by atoms with Crippen molar-refractivity contribution in [3.63, 3.8) is 0 Å². The normalized spacial score (nSPS) is 10.5. The SMILES string of the molecule is O=c1[nH]c(=O)c2[nH]c[nH+]c2[nH]1. The second-order valence-electron chi connectivity index (χ2n) is 2.09. The summed E-state index contributed by atoms with van der Waals surface area (Å²) in [5, 5.41) is 0. The predicted molar refractivity (Wildman–Crippen MR) is 36.1 cm³/mol. The maximum atomic E-state index is 10.9. The van der Waals surface area contributed by atoms with Gasteiger partial charge in [-0.05, 0) is 0 Å². The molecule has 0 amide bonds. The topological polar surface area (TPSA) is 95.7 Å². The smallest absolute Gasteiger partial charge is 0.270 e. The van der Waals surface area contributed by atoms with Crippen LogP contribution in [0.25, 0.3) is 11.2 Å². The minimum atomic E-state index is -0.515. The third-order valence-corrected chi connectivity index (χ3v) is 1.38. The Morgan fingerprint density at radius 2 is 2.09 bits per heavy atom. The standard InChI is InChI=1S/C5H4N4O2/c10-4-2-3(7-1-6-2)8-5(11)9-4/h1H,(H3,6,7,8,9,10,11)/p+1. The molecule has 2 aromatic rings. The maximum Gasteiger partial charge on any atom is 0.384 e. The first kappa shape index (κ1) is 5.90. The fourth-order valence-electron chi connectivity index (χ4n) is 0.913. The van der Waals surface area contributed by atoms with Gasteiger partial charge in [0.1, 0.15) is 0 Å². The number of nitrogens with one attached hydrogen (secondary N) is 4. The molecule has 2 aromatic heterocycles. The molecule has 0 aliphatic heterocycles. The molecule has 6 heteroatoms. The zero-order valence-corrected chi connectivity index (χ0v) is 5.39. The molecular weight excluding hydrogens is 148 g/mol. The van der Waals surface area contributed by atoms with Gasteiger partial charge in [-0.3, -0.25) is 14.8 Å². The molecule has 0 saturated carbocycles. The van der Waals surface area contributed by atoms with E-state index >= 15 is 0 Å². The Balaban J connectivity index is 3.15. The number of aromatic nitrogens is 4. The average molecular weight is 153 g/mol. The minimum Gasteiger partial charge on any atom is -0.270 e. The minimum absolute atomic E-state index is 0.338. The molecule has 0 fully saturated rings. The van der Waals surface area contributed by atoms with Crippen LogP contribution in [0.1, 0.15) is 0 Å². The summed E-state index contributed by atoms with van der Waals surface area (Å²) in [5.74, 6) is 0. The van der Waals surface area contributed by atoms with Crippen molar-refractivity contribution in [2.24, 2.45) is 0 Å². The van der Waals surface area contributed by atoms with E-state index in [2.05, 4.69) is 19.9 Å². The lowest BCUT2D eigenvalue weighted by Gasteiger charge is -1.77. The summed E-state index contributed by atoms with van der Waals surface area (Å²) in [7, 11) is 0. The highest BCUT2D eigenvalue weighted by molar-refractivity contribution is 5.63. The molecule has 0 radical (unpaired) electrons. The van der Waals surface area contributed by atoms with Crippen LogP contribution in [0.15, 0.2) is 15.9 Å². The van der Waals surface area contributed by atoms with E-state index < -0.39 is 11.2 Å². The molecule has 0 aromatic carbocycles. The Hall–Kier alpha value is -1.85. The molecule has 2 heterocycles. The van der Waals surface area contributed by atoms with Gasteiger partial charge in [0.25, 0.3) is 11.2 Å². The number of hydrogen-bond donors (Lipinski definition) is 3. The van der Waals surface area contributed by atoms with E-state index in [1.54, 1.807) is 0 Å².